The number of aliphatic hydroxyl groups is 1. The average Bonchev–Trinajstić information content (AvgIpc) is 2.52. The summed E-state index contributed by atoms with van der Waals surface area (Å²) in [4.78, 5) is 23.6. The second kappa shape index (κ2) is 4.63. The molecular formula is C12H8Cl2O4. The van der Waals surface area contributed by atoms with Crippen molar-refractivity contribution in [2.75, 3.05) is 0 Å². The van der Waals surface area contributed by atoms with Gasteiger partial charge in [-0.15, -0.1) is 0 Å². The minimum Gasteiger partial charge on any atom is -0.507 e. The Morgan fingerprint density at radius 1 is 1.39 bits per heavy atom. The Bertz CT molecular complexity index is 577. The maximum Gasteiger partial charge on any atom is 0.346 e. The molecule has 2 rings (SSSR count). The molecule has 1 N–H and O–H groups in total. The van der Waals surface area contributed by atoms with E-state index in [1.165, 1.54) is 25.1 Å². The Morgan fingerprint density at radius 2 is 2.06 bits per heavy atom. The summed E-state index contributed by atoms with van der Waals surface area (Å²) in [6, 6.07) is 4.25. The predicted octanol–water partition coefficient (Wildman–Crippen LogP) is 2.93. The van der Waals surface area contributed by atoms with Crippen molar-refractivity contribution >= 4 is 35.0 Å². The van der Waals surface area contributed by atoms with Gasteiger partial charge in [0.05, 0.1) is 5.02 Å². The third kappa shape index (κ3) is 2.09. The van der Waals surface area contributed by atoms with Crippen LogP contribution in [0.15, 0.2) is 29.5 Å². The van der Waals surface area contributed by atoms with E-state index in [0.29, 0.717) is 5.02 Å². The first-order valence-electron chi connectivity index (χ1n) is 5.05. The van der Waals surface area contributed by atoms with Gasteiger partial charge in [0, 0.05) is 10.6 Å². The van der Waals surface area contributed by atoms with Crippen LogP contribution in [0.5, 0.6) is 0 Å². The summed E-state index contributed by atoms with van der Waals surface area (Å²) in [5, 5.41) is 10.1. The molecule has 1 aliphatic rings. The van der Waals surface area contributed by atoms with Gasteiger partial charge in [0.2, 0.25) is 5.78 Å². The number of Topliss-reactive ketones (excluding diaryl/α,β-unsaturated/α-hetero) is 1. The highest BCUT2D eigenvalue weighted by molar-refractivity contribution is 6.39. The number of rotatable bonds is 2. The highest BCUT2D eigenvalue weighted by Crippen LogP contribution is 2.28. The summed E-state index contributed by atoms with van der Waals surface area (Å²) in [5.74, 6) is -1.91. The van der Waals surface area contributed by atoms with Gasteiger partial charge < -0.3 is 9.84 Å². The molecule has 6 heteroatoms. The lowest BCUT2D eigenvalue weighted by Gasteiger charge is -2.03. The molecule has 1 aromatic carbocycles. The molecule has 4 nitrogen and oxygen atoms in total. The number of hydrogen-bond acceptors (Lipinski definition) is 4. The smallest absolute Gasteiger partial charge is 0.346 e. The number of esters is 1. The van der Waals surface area contributed by atoms with E-state index in [4.69, 9.17) is 27.9 Å². The minimum atomic E-state index is -0.851. The van der Waals surface area contributed by atoms with E-state index in [-0.39, 0.29) is 21.9 Å². The summed E-state index contributed by atoms with van der Waals surface area (Å²) < 4.78 is 4.74. The number of ketones is 1. The zero-order valence-corrected chi connectivity index (χ0v) is 10.7. The molecular weight excluding hydrogens is 279 g/mol. The predicted molar refractivity (Wildman–Crippen MR) is 66.0 cm³/mol. The number of ether oxygens (including phenoxy) is 1. The van der Waals surface area contributed by atoms with Gasteiger partial charge in [-0.3, -0.25) is 4.79 Å². The standard InChI is InChI=1S/C12H8Cl2O4/c1-5-10(15)9(12(17)18-5)11(16)7-3-2-6(13)4-8(7)14/h2-5,15H,1H3. The van der Waals surface area contributed by atoms with Crippen LogP contribution in [0.2, 0.25) is 10.0 Å². The quantitative estimate of drug-likeness (QED) is 0.516. The number of carbonyl (C=O) groups is 2. The molecule has 0 spiro atoms. The van der Waals surface area contributed by atoms with Crippen LogP contribution < -0.4 is 0 Å². The molecule has 0 saturated heterocycles. The van der Waals surface area contributed by atoms with Crippen molar-refractivity contribution in [1.29, 1.82) is 0 Å². The number of hydrogen-bond donors (Lipinski definition) is 1. The van der Waals surface area contributed by atoms with Gasteiger partial charge in [0.25, 0.3) is 0 Å². The molecule has 18 heavy (non-hydrogen) atoms. The fourth-order valence-electron chi connectivity index (χ4n) is 1.60. The van der Waals surface area contributed by atoms with Crippen molar-refractivity contribution < 1.29 is 19.4 Å². The Balaban J connectivity index is 2.47. The van der Waals surface area contributed by atoms with Gasteiger partial charge in [-0.1, -0.05) is 23.2 Å². The van der Waals surface area contributed by atoms with Gasteiger partial charge in [0.1, 0.15) is 5.57 Å². The third-order valence-corrected chi connectivity index (χ3v) is 3.08. The van der Waals surface area contributed by atoms with Gasteiger partial charge >= 0.3 is 5.97 Å². The second-order valence-electron chi connectivity index (χ2n) is 3.76. The number of benzene rings is 1. The van der Waals surface area contributed by atoms with Crippen molar-refractivity contribution in [3.63, 3.8) is 0 Å². The van der Waals surface area contributed by atoms with E-state index in [1.54, 1.807) is 0 Å². The second-order valence-corrected chi connectivity index (χ2v) is 4.60. The van der Waals surface area contributed by atoms with E-state index in [9.17, 15) is 14.7 Å². The maximum absolute atomic E-state index is 12.1. The van der Waals surface area contributed by atoms with Crippen LogP contribution in [0.4, 0.5) is 0 Å². The first kappa shape index (κ1) is 12.9. The summed E-state index contributed by atoms with van der Waals surface area (Å²) in [7, 11) is 0. The van der Waals surface area contributed by atoms with Gasteiger partial charge in [-0.2, -0.15) is 0 Å². The Labute approximate surface area is 113 Å². The van der Waals surface area contributed by atoms with Crippen LogP contribution >= 0.6 is 23.2 Å². The summed E-state index contributed by atoms with van der Waals surface area (Å²) in [6.07, 6.45) is -0.817. The lowest BCUT2D eigenvalue weighted by Crippen LogP contribution is -2.12. The van der Waals surface area contributed by atoms with E-state index < -0.39 is 17.9 Å². The topological polar surface area (TPSA) is 63.6 Å². The largest absolute Gasteiger partial charge is 0.507 e. The van der Waals surface area contributed by atoms with Crippen LogP contribution in [0.3, 0.4) is 0 Å². The van der Waals surface area contributed by atoms with Gasteiger partial charge in [-0.25, -0.2) is 4.79 Å². The van der Waals surface area contributed by atoms with Crippen LogP contribution in [0.25, 0.3) is 0 Å². The van der Waals surface area contributed by atoms with Gasteiger partial charge in [0.15, 0.2) is 11.9 Å². The zero-order valence-electron chi connectivity index (χ0n) is 9.24. The van der Waals surface area contributed by atoms with Crippen molar-refractivity contribution in [3.8, 4) is 0 Å². The van der Waals surface area contributed by atoms with E-state index in [0.717, 1.165) is 0 Å². The number of aliphatic hydroxyl groups excluding tert-OH is 1. The van der Waals surface area contributed by atoms with E-state index in [2.05, 4.69) is 0 Å². The molecule has 0 bridgehead atoms. The van der Waals surface area contributed by atoms with Crippen molar-refractivity contribution in [2.45, 2.75) is 13.0 Å². The number of carbonyl (C=O) groups excluding carboxylic acids is 2. The molecule has 94 valence electrons. The molecule has 1 aromatic rings. The molecule has 0 amide bonds. The molecule has 1 unspecified atom stereocenters. The normalized spacial score (nSPS) is 19.1. The third-order valence-electron chi connectivity index (χ3n) is 2.53. The molecule has 1 heterocycles. The highest BCUT2D eigenvalue weighted by atomic mass is 35.5. The molecule has 0 radical (unpaired) electrons. The Kier molecular flexibility index (Phi) is 3.32. The lowest BCUT2D eigenvalue weighted by atomic mass is 10.0. The van der Waals surface area contributed by atoms with Crippen molar-refractivity contribution in [1.82, 2.24) is 0 Å². The van der Waals surface area contributed by atoms with E-state index >= 15 is 0 Å². The monoisotopic (exact) mass is 286 g/mol. The highest BCUT2D eigenvalue weighted by Gasteiger charge is 2.36. The number of cyclic esters (lactones) is 1. The van der Waals surface area contributed by atoms with Crippen LogP contribution in [0.1, 0.15) is 17.3 Å². The van der Waals surface area contributed by atoms with Crippen molar-refractivity contribution in [2.24, 2.45) is 0 Å². The van der Waals surface area contributed by atoms with E-state index in [1.807, 2.05) is 0 Å². The molecule has 0 aliphatic carbocycles. The fourth-order valence-corrected chi connectivity index (χ4v) is 2.09. The lowest BCUT2D eigenvalue weighted by molar-refractivity contribution is -0.139. The fraction of sp³-hybridized carbons (Fsp3) is 0.167. The molecule has 0 fully saturated rings. The Hall–Kier alpha value is -1.52. The maximum atomic E-state index is 12.1. The zero-order chi connectivity index (χ0) is 13.4. The van der Waals surface area contributed by atoms with Crippen molar-refractivity contribution in [3.05, 3.63) is 45.1 Å². The van der Waals surface area contributed by atoms with Gasteiger partial charge in [-0.05, 0) is 25.1 Å². The summed E-state index contributed by atoms with van der Waals surface area (Å²) >= 11 is 11.6. The summed E-state index contributed by atoms with van der Waals surface area (Å²) in [6.45, 7) is 1.47. The first-order chi connectivity index (χ1) is 8.41. The Morgan fingerprint density at radius 3 is 2.56 bits per heavy atom. The summed E-state index contributed by atoms with van der Waals surface area (Å²) in [5.41, 5.74) is -0.291. The van der Waals surface area contributed by atoms with Crippen LogP contribution in [-0.2, 0) is 9.53 Å². The van der Waals surface area contributed by atoms with Crippen LogP contribution in [-0.4, -0.2) is 23.0 Å². The SMILES string of the molecule is CC1OC(=O)C(C(=O)c2ccc(Cl)cc2Cl)=C1O. The number of halogens is 2. The molecule has 0 aromatic heterocycles. The molecule has 1 aliphatic heterocycles. The molecule has 0 saturated carbocycles. The minimum absolute atomic E-state index is 0.0914. The molecule has 1 atom stereocenters. The first-order valence-corrected chi connectivity index (χ1v) is 5.81. The average molecular weight is 287 g/mol. The van der Waals surface area contributed by atoms with Crippen LogP contribution in [0, 0.1) is 0 Å².